The number of aliphatic hydroxyl groups excluding tert-OH is 1. The van der Waals surface area contributed by atoms with Gasteiger partial charge in [-0.3, -0.25) is 9.79 Å². The van der Waals surface area contributed by atoms with Gasteiger partial charge >= 0.3 is 0 Å². The monoisotopic (exact) mass is 213 g/mol. The van der Waals surface area contributed by atoms with E-state index in [1.807, 2.05) is 13.8 Å². The molecule has 84 valence electrons. The summed E-state index contributed by atoms with van der Waals surface area (Å²) in [5.41, 5.74) is 0.0428. The molecule has 0 aromatic heterocycles. The molecular weight excluding hydrogens is 197 g/mol. The fourth-order valence-electron chi connectivity index (χ4n) is 1.65. The molecule has 0 bridgehead atoms. The van der Waals surface area contributed by atoms with Crippen LogP contribution in [-0.2, 0) is 4.79 Å². The van der Waals surface area contributed by atoms with Crippen molar-refractivity contribution in [2.75, 3.05) is 13.2 Å². The van der Waals surface area contributed by atoms with Crippen LogP contribution in [0.15, 0.2) is 16.3 Å². The zero-order valence-electron chi connectivity index (χ0n) is 9.09. The first-order valence-electron chi connectivity index (χ1n) is 4.97. The van der Waals surface area contributed by atoms with Gasteiger partial charge in [-0.2, -0.15) is 0 Å². The molecule has 4 heteroatoms. The van der Waals surface area contributed by atoms with Crippen LogP contribution in [0.3, 0.4) is 0 Å². The van der Waals surface area contributed by atoms with Gasteiger partial charge in [-0.25, -0.2) is 4.39 Å². The fourth-order valence-corrected chi connectivity index (χ4v) is 1.65. The van der Waals surface area contributed by atoms with E-state index in [2.05, 4.69) is 4.99 Å². The first-order valence-corrected chi connectivity index (χ1v) is 4.97. The van der Waals surface area contributed by atoms with E-state index in [-0.39, 0.29) is 29.1 Å². The van der Waals surface area contributed by atoms with Crippen LogP contribution >= 0.6 is 0 Å². The van der Waals surface area contributed by atoms with E-state index in [1.165, 1.54) is 6.21 Å². The Bertz CT molecular complexity index is 319. The van der Waals surface area contributed by atoms with E-state index in [9.17, 15) is 14.3 Å². The third-order valence-electron chi connectivity index (χ3n) is 2.33. The third-order valence-corrected chi connectivity index (χ3v) is 2.33. The Morgan fingerprint density at radius 1 is 1.53 bits per heavy atom. The van der Waals surface area contributed by atoms with Crippen molar-refractivity contribution in [1.82, 2.24) is 0 Å². The van der Waals surface area contributed by atoms with Crippen LogP contribution in [0.2, 0.25) is 0 Å². The van der Waals surface area contributed by atoms with Crippen molar-refractivity contribution in [1.29, 1.82) is 0 Å². The van der Waals surface area contributed by atoms with E-state index in [0.29, 0.717) is 12.8 Å². The van der Waals surface area contributed by atoms with E-state index in [0.717, 1.165) is 0 Å². The van der Waals surface area contributed by atoms with Gasteiger partial charge in [-0.1, -0.05) is 13.8 Å². The molecule has 0 saturated carbocycles. The highest BCUT2D eigenvalue weighted by atomic mass is 19.1. The largest absolute Gasteiger partial charge is 0.511 e. The molecule has 0 saturated heterocycles. The summed E-state index contributed by atoms with van der Waals surface area (Å²) >= 11 is 0. The highest BCUT2D eigenvalue weighted by molar-refractivity contribution is 6.14. The summed E-state index contributed by atoms with van der Waals surface area (Å²) in [5, 5.41) is 9.65. The van der Waals surface area contributed by atoms with Gasteiger partial charge in [-0.05, 0) is 5.41 Å². The molecule has 0 fully saturated rings. The lowest BCUT2D eigenvalue weighted by Crippen LogP contribution is -2.26. The van der Waals surface area contributed by atoms with Gasteiger partial charge in [0.1, 0.15) is 12.4 Å². The number of carbonyl (C=O) groups is 1. The number of ketones is 1. The van der Waals surface area contributed by atoms with E-state index in [4.69, 9.17) is 0 Å². The smallest absolute Gasteiger partial charge is 0.168 e. The molecule has 3 nitrogen and oxygen atoms in total. The van der Waals surface area contributed by atoms with Gasteiger partial charge in [0, 0.05) is 19.1 Å². The van der Waals surface area contributed by atoms with Crippen LogP contribution in [0, 0.1) is 5.41 Å². The Morgan fingerprint density at radius 3 is 2.73 bits per heavy atom. The number of allylic oxidation sites excluding steroid dienone is 2. The van der Waals surface area contributed by atoms with Crippen molar-refractivity contribution in [2.45, 2.75) is 26.7 Å². The van der Waals surface area contributed by atoms with E-state index in [1.54, 1.807) is 0 Å². The molecule has 0 aromatic rings. The SMILES string of the molecule is CC1(C)CC(=O)C(C=NCCF)=C(O)C1. The standard InChI is InChI=1S/C11H16FNO2/c1-11(2)5-9(14)8(10(15)6-11)7-13-4-3-12/h7,14H,3-6H2,1-2H3. The summed E-state index contributed by atoms with van der Waals surface area (Å²) in [6, 6.07) is 0. The summed E-state index contributed by atoms with van der Waals surface area (Å²) in [4.78, 5) is 15.3. The summed E-state index contributed by atoms with van der Waals surface area (Å²) in [5.74, 6) is -0.0507. The average Bonchev–Trinajstić information content (AvgIpc) is 2.08. The number of carbonyl (C=O) groups excluding carboxylic acids is 1. The summed E-state index contributed by atoms with van der Waals surface area (Å²) in [6.07, 6.45) is 2.15. The Morgan fingerprint density at radius 2 is 2.20 bits per heavy atom. The highest BCUT2D eigenvalue weighted by Crippen LogP contribution is 2.34. The number of rotatable bonds is 3. The second-order valence-corrected chi connectivity index (χ2v) is 4.53. The molecule has 15 heavy (non-hydrogen) atoms. The molecular formula is C11H16FNO2. The zero-order valence-corrected chi connectivity index (χ0v) is 9.09. The number of Topliss-reactive ketones (excluding diaryl/α,β-unsaturated/α-hetero) is 1. The lowest BCUT2D eigenvalue weighted by molar-refractivity contribution is -0.117. The van der Waals surface area contributed by atoms with Crippen LogP contribution in [0.5, 0.6) is 0 Å². The van der Waals surface area contributed by atoms with Crippen LogP contribution < -0.4 is 0 Å². The molecule has 0 atom stereocenters. The lowest BCUT2D eigenvalue weighted by atomic mass is 9.77. The maximum absolute atomic E-state index is 11.8. The molecule has 0 amide bonds. The van der Waals surface area contributed by atoms with Crippen molar-refractivity contribution >= 4 is 12.0 Å². The molecule has 1 rings (SSSR count). The molecule has 1 aliphatic carbocycles. The zero-order chi connectivity index (χ0) is 11.5. The first-order chi connectivity index (χ1) is 6.96. The number of hydrogen-bond donors (Lipinski definition) is 1. The van der Waals surface area contributed by atoms with Crippen LogP contribution in [0.25, 0.3) is 0 Å². The average molecular weight is 213 g/mol. The van der Waals surface area contributed by atoms with Crippen LogP contribution in [0.1, 0.15) is 26.7 Å². The van der Waals surface area contributed by atoms with Crippen molar-refractivity contribution in [3.63, 3.8) is 0 Å². The van der Waals surface area contributed by atoms with Gasteiger partial charge in [0.05, 0.1) is 12.1 Å². The molecule has 0 spiro atoms. The predicted molar refractivity (Wildman–Crippen MR) is 57.0 cm³/mol. The minimum absolute atomic E-state index is 0.0352. The number of aliphatic imine (C=N–C) groups is 1. The first kappa shape index (κ1) is 11.9. The molecule has 0 aliphatic heterocycles. The maximum atomic E-state index is 11.8. The number of alkyl halides is 1. The van der Waals surface area contributed by atoms with Crippen LogP contribution in [-0.4, -0.2) is 30.3 Å². The minimum Gasteiger partial charge on any atom is -0.511 e. The highest BCUT2D eigenvalue weighted by Gasteiger charge is 2.32. The maximum Gasteiger partial charge on any atom is 0.168 e. The molecule has 0 unspecified atom stereocenters. The van der Waals surface area contributed by atoms with Gasteiger partial charge in [0.15, 0.2) is 5.78 Å². The van der Waals surface area contributed by atoms with Crippen molar-refractivity contribution < 1.29 is 14.3 Å². The Kier molecular flexibility index (Phi) is 3.61. The van der Waals surface area contributed by atoms with Crippen LogP contribution in [0.4, 0.5) is 4.39 Å². The number of nitrogens with zero attached hydrogens (tertiary/aromatic N) is 1. The Balaban J connectivity index is 2.83. The number of halogens is 1. The number of aliphatic hydroxyl groups is 1. The van der Waals surface area contributed by atoms with Gasteiger partial charge in [0.2, 0.25) is 0 Å². The predicted octanol–water partition coefficient (Wildman–Crippen LogP) is 2.23. The molecule has 0 radical (unpaired) electrons. The van der Waals surface area contributed by atoms with Crippen molar-refractivity contribution in [3.05, 3.63) is 11.3 Å². The normalized spacial score (nSPS) is 21.4. The summed E-state index contributed by atoms with van der Waals surface area (Å²) in [6.45, 7) is 3.34. The second kappa shape index (κ2) is 4.55. The van der Waals surface area contributed by atoms with E-state index >= 15 is 0 Å². The summed E-state index contributed by atoms with van der Waals surface area (Å²) < 4.78 is 11.8. The molecule has 0 aromatic carbocycles. The Hall–Kier alpha value is -1.19. The lowest BCUT2D eigenvalue weighted by Gasteiger charge is -2.28. The molecule has 1 aliphatic rings. The second-order valence-electron chi connectivity index (χ2n) is 4.53. The van der Waals surface area contributed by atoms with E-state index < -0.39 is 6.67 Å². The number of hydrogen-bond acceptors (Lipinski definition) is 3. The van der Waals surface area contributed by atoms with Gasteiger partial charge in [-0.15, -0.1) is 0 Å². The topological polar surface area (TPSA) is 49.7 Å². The van der Waals surface area contributed by atoms with Gasteiger partial charge in [0.25, 0.3) is 0 Å². The minimum atomic E-state index is -0.551. The third kappa shape index (κ3) is 3.15. The molecule has 0 heterocycles. The fraction of sp³-hybridized carbons (Fsp3) is 0.636. The van der Waals surface area contributed by atoms with Crippen molar-refractivity contribution in [3.8, 4) is 0 Å². The van der Waals surface area contributed by atoms with Gasteiger partial charge < -0.3 is 5.11 Å². The van der Waals surface area contributed by atoms with Crippen molar-refractivity contribution in [2.24, 2.45) is 10.4 Å². The Labute approximate surface area is 88.7 Å². The quantitative estimate of drug-likeness (QED) is 0.731. The molecule has 1 N–H and O–H groups in total. The summed E-state index contributed by atoms with van der Waals surface area (Å²) in [7, 11) is 0.